The number of likely N-dealkylation sites (N-methyl/N-ethyl adjacent to an activating group) is 1. The highest BCUT2D eigenvalue weighted by Crippen LogP contribution is 2.28. The van der Waals surface area contributed by atoms with Crippen molar-refractivity contribution in [3.63, 3.8) is 0 Å². The molecule has 1 atom stereocenters. The number of nitrogens with zero attached hydrogens (tertiary/aromatic N) is 6. The summed E-state index contributed by atoms with van der Waals surface area (Å²) in [5.74, 6) is 0. The lowest BCUT2D eigenvalue weighted by atomic mass is 10.0. The van der Waals surface area contributed by atoms with E-state index in [0.29, 0.717) is 0 Å². The maximum absolute atomic E-state index is 5.99. The molecule has 0 bridgehead atoms. The van der Waals surface area contributed by atoms with Gasteiger partial charge in [-0.2, -0.15) is 0 Å². The highest BCUT2D eigenvalue weighted by Gasteiger charge is 2.25. The van der Waals surface area contributed by atoms with Gasteiger partial charge in [-0.1, -0.05) is 41.5 Å². The van der Waals surface area contributed by atoms with Gasteiger partial charge in [-0.05, 0) is 38.6 Å². The highest BCUT2D eigenvalue weighted by atomic mass is 35.5. The third-order valence-corrected chi connectivity index (χ3v) is 7.44. The van der Waals surface area contributed by atoms with E-state index in [0.717, 1.165) is 58.6 Å². The lowest BCUT2D eigenvalue weighted by Crippen LogP contribution is -2.51. The van der Waals surface area contributed by atoms with Crippen molar-refractivity contribution >= 4 is 33.0 Å². The van der Waals surface area contributed by atoms with Crippen LogP contribution in [0.5, 0.6) is 0 Å². The molecule has 2 aromatic heterocycles. The molecule has 2 aliphatic heterocycles. The summed E-state index contributed by atoms with van der Waals surface area (Å²) in [6.07, 6.45) is 6.09. The molecule has 6 nitrogen and oxygen atoms in total. The molecule has 5 rings (SSSR count). The smallest absolute Gasteiger partial charge is 0.214 e. The van der Waals surface area contributed by atoms with E-state index in [1.54, 1.807) is 11.3 Å². The fourth-order valence-electron chi connectivity index (χ4n) is 4.37. The Kier molecular flexibility index (Phi) is 5.47. The van der Waals surface area contributed by atoms with Crippen LogP contribution in [0.4, 0.5) is 5.13 Å². The van der Waals surface area contributed by atoms with Crippen molar-refractivity contribution in [1.82, 2.24) is 24.4 Å². The third kappa shape index (κ3) is 4.14. The average Bonchev–Trinajstić information content (AvgIpc) is 3.30. The zero-order valence-electron chi connectivity index (χ0n) is 16.8. The van der Waals surface area contributed by atoms with E-state index in [1.165, 1.54) is 32.4 Å². The van der Waals surface area contributed by atoms with Crippen molar-refractivity contribution in [1.29, 1.82) is 0 Å². The van der Waals surface area contributed by atoms with E-state index in [4.69, 9.17) is 21.7 Å². The van der Waals surface area contributed by atoms with Gasteiger partial charge < -0.3 is 9.80 Å². The van der Waals surface area contributed by atoms with Crippen molar-refractivity contribution in [2.45, 2.75) is 25.3 Å². The molecule has 4 heterocycles. The SMILES string of the molecule is CN1CCCCC1CN1CCN(c2nn3cc(-c4ccc(Cl)cc4)nc3s2)CC1. The Bertz CT molecular complexity index is 928. The molecule has 2 saturated heterocycles. The quantitative estimate of drug-likeness (QED) is 0.630. The third-order valence-electron chi connectivity index (χ3n) is 6.21. The molecule has 3 aromatic rings. The van der Waals surface area contributed by atoms with Crippen molar-refractivity contribution < 1.29 is 0 Å². The Balaban J connectivity index is 1.22. The fourth-order valence-corrected chi connectivity index (χ4v) is 5.43. The molecule has 0 spiro atoms. The van der Waals surface area contributed by atoms with E-state index < -0.39 is 0 Å². The largest absolute Gasteiger partial charge is 0.344 e. The lowest BCUT2D eigenvalue weighted by molar-refractivity contribution is 0.124. The molecule has 154 valence electrons. The topological polar surface area (TPSA) is 39.9 Å². The second kappa shape index (κ2) is 8.22. The molecule has 0 saturated carbocycles. The normalized spacial score (nSPS) is 21.9. The van der Waals surface area contributed by atoms with E-state index in [1.807, 2.05) is 35.0 Å². The summed E-state index contributed by atoms with van der Waals surface area (Å²) in [4.78, 5) is 13.3. The number of piperidine rings is 1. The number of halogens is 1. The second-order valence-electron chi connectivity index (χ2n) is 8.16. The molecule has 1 aromatic carbocycles. The standard InChI is InChI=1S/C21H27ClN6S/c1-25-9-3-2-4-18(25)14-26-10-12-27(13-11-26)21-24-28-15-19(23-20(28)29-21)16-5-7-17(22)8-6-16/h5-8,15,18H,2-4,9-14H2,1H3. The van der Waals surface area contributed by atoms with Crippen LogP contribution in [0.25, 0.3) is 16.2 Å². The van der Waals surface area contributed by atoms with Crippen LogP contribution in [-0.4, -0.2) is 76.8 Å². The monoisotopic (exact) mass is 430 g/mol. The Morgan fingerprint density at radius 3 is 2.59 bits per heavy atom. The summed E-state index contributed by atoms with van der Waals surface area (Å²) in [5, 5.41) is 6.61. The molecule has 0 amide bonds. The first kappa shape index (κ1) is 19.3. The Morgan fingerprint density at radius 2 is 1.86 bits per heavy atom. The minimum atomic E-state index is 0.727. The number of hydrogen-bond acceptors (Lipinski definition) is 6. The lowest BCUT2D eigenvalue weighted by Gasteiger charge is -2.40. The molecular formula is C21H27ClN6S. The van der Waals surface area contributed by atoms with Gasteiger partial charge in [0.2, 0.25) is 10.1 Å². The van der Waals surface area contributed by atoms with Gasteiger partial charge in [-0.25, -0.2) is 9.50 Å². The molecule has 8 heteroatoms. The van der Waals surface area contributed by atoms with Crippen LogP contribution in [-0.2, 0) is 0 Å². The summed E-state index contributed by atoms with van der Waals surface area (Å²) < 4.78 is 1.91. The molecule has 1 unspecified atom stereocenters. The minimum absolute atomic E-state index is 0.727. The summed E-state index contributed by atoms with van der Waals surface area (Å²) in [5.41, 5.74) is 2.00. The predicted molar refractivity (Wildman–Crippen MR) is 120 cm³/mol. The van der Waals surface area contributed by atoms with Gasteiger partial charge in [0.15, 0.2) is 0 Å². The average molecular weight is 431 g/mol. The zero-order valence-corrected chi connectivity index (χ0v) is 18.4. The zero-order chi connectivity index (χ0) is 19.8. The van der Waals surface area contributed by atoms with Crippen molar-refractivity contribution in [3.05, 3.63) is 35.5 Å². The molecule has 0 N–H and O–H groups in total. The molecule has 0 aliphatic carbocycles. The fraction of sp³-hybridized carbons (Fsp3) is 0.524. The summed E-state index contributed by atoms with van der Waals surface area (Å²) in [6, 6.07) is 8.52. The van der Waals surface area contributed by atoms with Crippen molar-refractivity contribution in [3.8, 4) is 11.3 Å². The molecule has 29 heavy (non-hydrogen) atoms. The number of fused-ring (bicyclic) bond motifs is 1. The summed E-state index contributed by atoms with van der Waals surface area (Å²) in [7, 11) is 2.28. The van der Waals surface area contributed by atoms with Gasteiger partial charge in [-0.3, -0.25) is 4.90 Å². The Morgan fingerprint density at radius 1 is 1.07 bits per heavy atom. The number of benzene rings is 1. The molecule has 0 radical (unpaired) electrons. The number of aromatic nitrogens is 3. The van der Waals surface area contributed by atoms with E-state index in [-0.39, 0.29) is 0 Å². The number of imidazole rings is 1. The van der Waals surface area contributed by atoms with Gasteiger partial charge in [0.25, 0.3) is 0 Å². The maximum atomic E-state index is 5.99. The van der Waals surface area contributed by atoms with Crippen molar-refractivity contribution in [2.24, 2.45) is 0 Å². The molecular weight excluding hydrogens is 404 g/mol. The molecule has 2 fully saturated rings. The van der Waals surface area contributed by atoms with Crippen LogP contribution in [0.15, 0.2) is 30.5 Å². The van der Waals surface area contributed by atoms with Crippen LogP contribution in [0.2, 0.25) is 5.02 Å². The first-order valence-corrected chi connectivity index (χ1v) is 11.6. The minimum Gasteiger partial charge on any atom is -0.344 e. The molecule has 2 aliphatic rings. The van der Waals surface area contributed by atoms with Crippen LogP contribution in [0, 0.1) is 0 Å². The first-order valence-electron chi connectivity index (χ1n) is 10.5. The number of anilines is 1. The van der Waals surface area contributed by atoms with Gasteiger partial charge in [0.05, 0.1) is 11.9 Å². The van der Waals surface area contributed by atoms with Crippen LogP contribution in [0.1, 0.15) is 19.3 Å². The second-order valence-corrected chi connectivity index (χ2v) is 9.53. The first-order chi connectivity index (χ1) is 14.2. The number of piperazine rings is 1. The number of hydrogen-bond donors (Lipinski definition) is 0. The van der Waals surface area contributed by atoms with E-state index in [9.17, 15) is 0 Å². The maximum Gasteiger partial charge on any atom is 0.214 e. The van der Waals surface area contributed by atoms with Gasteiger partial charge in [0, 0.05) is 49.4 Å². The van der Waals surface area contributed by atoms with Gasteiger partial charge >= 0.3 is 0 Å². The number of rotatable bonds is 4. The summed E-state index contributed by atoms with van der Waals surface area (Å²) in [6.45, 7) is 6.76. The van der Waals surface area contributed by atoms with Crippen LogP contribution >= 0.6 is 22.9 Å². The van der Waals surface area contributed by atoms with Gasteiger partial charge in [-0.15, -0.1) is 5.10 Å². The Hall–Kier alpha value is -1.67. The van der Waals surface area contributed by atoms with E-state index >= 15 is 0 Å². The van der Waals surface area contributed by atoms with Crippen molar-refractivity contribution in [2.75, 3.05) is 51.2 Å². The van der Waals surface area contributed by atoms with Gasteiger partial charge in [0.1, 0.15) is 0 Å². The number of likely N-dealkylation sites (tertiary alicyclic amines) is 1. The Labute approximate surface area is 180 Å². The van der Waals surface area contributed by atoms with Crippen LogP contribution in [0.3, 0.4) is 0 Å². The van der Waals surface area contributed by atoms with Crippen LogP contribution < -0.4 is 4.90 Å². The summed E-state index contributed by atoms with van der Waals surface area (Å²) >= 11 is 7.66. The predicted octanol–water partition coefficient (Wildman–Crippen LogP) is 3.72. The highest BCUT2D eigenvalue weighted by molar-refractivity contribution is 7.20. The van der Waals surface area contributed by atoms with E-state index in [2.05, 4.69) is 21.7 Å².